The van der Waals surface area contributed by atoms with Crippen LogP contribution in [0.3, 0.4) is 0 Å². The predicted molar refractivity (Wildman–Crippen MR) is 73.7 cm³/mol. The third kappa shape index (κ3) is 4.16. The fourth-order valence-electron chi connectivity index (χ4n) is 1.93. The molecule has 0 spiro atoms. The zero-order valence-corrected chi connectivity index (χ0v) is 12.4. The SMILES string of the molecule is Cc1ccc(S(=O)(=O)OCC2CN(C(=O)O)CCO2)cc1. The first-order valence-electron chi connectivity index (χ1n) is 6.44. The molecule has 1 unspecified atom stereocenters. The summed E-state index contributed by atoms with van der Waals surface area (Å²) < 4.78 is 34.3. The number of benzene rings is 1. The maximum absolute atomic E-state index is 12.0. The lowest BCUT2D eigenvalue weighted by molar-refractivity contribution is -0.0402. The molecule has 1 fully saturated rings. The Morgan fingerprint density at radius 2 is 2.10 bits per heavy atom. The van der Waals surface area contributed by atoms with Gasteiger partial charge in [0.1, 0.15) is 6.10 Å². The van der Waals surface area contributed by atoms with Crippen LogP contribution < -0.4 is 0 Å². The Morgan fingerprint density at radius 1 is 1.43 bits per heavy atom. The Morgan fingerprint density at radius 3 is 2.71 bits per heavy atom. The first-order chi connectivity index (χ1) is 9.88. The van der Waals surface area contributed by atoms with E-state index in [4.69, 9.17) is 14.0 Å². The largest absolute Gasteiger partial charge is 0.465 e. The number of carboxylic acid groups (broad SMARTS) is 1. The van der Waals surface area contributed by atoms with Gasteiger partial charge in [-0.2, -0.15) is 8.42 Å². The molecule has 8 heteroatoms. The van der Waals surface area contributed by atoms with Crippen LogP contribution in [0.25, 0.3) is 0 Å². The van der Waals surface area contributed by atoms with E-state index in [-0.39, 0.29) is 31.2 Å². The average Bonchev–Trinajstić information content (AvgIpc) is 2.46. The molecule has 1 saturated heterocycles. The van der Waals surface area contributed by atoms with Gasteiger partial charge in [-0.3, -0.25) is 4.18 Å². The number of amides is 1. The Balaban J connectivity index is 1.95. The van der Waals surface area contributed by atoms with Gasteiger partial charge in [0.05, 0.1) is 24.7 Å². The standard InChI is InChI=1S/C13H17NO6S/c1-10-2-4-12(5-3-10)21(17,18)20-9-11-8-14(13(15)16)6-7-19-11/h2-5,11H,6-9H2,1H3,(H,15,16). The maximum Gasteiger partial charge on any atom is 0.407 e. The average molecular weight is 315 g/mol. The molecule has 7 nitrogen and oxygen atoms in total. The maximum atomic E-state index is 12.0. The summed E-state index contributed by atoms with van der Waals surface area (Å²) >= 11 is 0. The third-order valence-corrected chi connectivity index (χ3v) is 4.42. The molecular formula is C13H17NO6S. The van der Waals surface area contributed by atoms with E-state index >= 15 is 0 Å². The fourth-order valence-corrected chi connectivity index (χ4v) is 2.87. The Hall–Kier alpha value is -1.64. The summed E-state index contributed by atoms with van der Waals surface area (Å²) in [4.78, 5) is 12.1. The Kier molecular flexibility index (Phi) is 4.81. The number of nitrogens with zero attached hydrogens (tertiary/aromatic N) is 1. The van der Waals surface area contributed by atoms with Crippen molar-refractivity contribution in [2.45, 2.75) is 17.9 Å². The number of hydrogen-bond donors (Lipinski definition) is 1. The monoisotopic (exact) mass is 315 g/mol. The summed E-state index contributed by atoms with van der Waals surface area (Å²) in [6.45, 7) is 2.24. The lowest BCUT2D eigenvalue weighted by Gasteiger charge is -2.30. The van der Waals surface area contributed by atoms with Crippen LogP contribution in [0.15, 0.2) is 29.2 Å². The molecular weight excluding hydrogens is 298 g/mol. The van der Waals surface area contributed by atoms with Gasteiger partial charge >= 0.3 is 6.09 Å². The zero-order valence-electron chi connectivity index (χ0n) is 11.6. The van der Waals surface area contributed by atoms with Gasteiger partial charge in [0.2, 0.25) is 0 Å². The Bertz CT molecular complexity index is 598. The van der Waals surface area contributed by atoms with Crippen molar-refractivity contribution in [3.05, 3.63) is 29.8 Å². The molecule has 1 aromatic rings. The van der Waals surface area contributed by atoms with Crippen molar-refractivity contribution in [2.75, 3.05) is 26.3 Å². The van der Waals surface area contributed by atoms with Gasteiger partial charge in [-0.15, -0.1) is 0 Å². The van der Waals surface area contributed by atoms with Crippen LogP contribution in [0.2, 0.25) is 0 Å². The van der Waals surface area contributed by atoms with E-state index in [1.165, 1.54) is 17.0 Å². The van der Waals surface area contributed by atoms with E-state index in [0.717, 1.165) is 5.56 Å². The van der Waals surface area contributed by atoms with Crippen molar-refractivity contribution in [1.82, 2.24) is 4.90 Å². The first kappa shape index (κ1) is 15.7. The van der Waals surface area contributed by atoms with E-state index in [1.807, 2.05) is 6.92 Å². The summed E-state index contributed by atoms with van der Waals surface area (Å²) in [6, 6.07) is 6.30. The minimum Gasteiger partial charge on any atom is -0.465 e. The van der Waals surface area contributed by atoms with Crippen LogP contribution in [0.5, 0.6) is 0 Å². The molecule has 0 radical (unpaired) electrons. The highest BCUT2D eigenvalue weighted by Gasteiger charge is 2.26. The molecule has 1 atom stereocenters. The highest BCUT2D eigenvalue weighted by molar-refractivity contribution is 7.86. The summed E-state index contributed by atoms with van der Waals surface area (Å²) in [6.07, 6.45) is -1.64. The minimum atomic E-state index is -3.86. The normalized spacial score (nSPS) is 19.5. The second-order valence-corrected chi connectivity index (χ2v) is 6.39. The molecule has 1 aliphatic heterocycles. The highest BCUT2D eigenvalue weighted by atomic mass is 32.2. The van der Waals surface area contributed by atoms with Crippen molar-refractivity contribution in [2.24, 2.45) is 0 Å². The quantitative estimate of drug-likeness (QED) is 0.836. The van der Waals surface area contributed by atoms with Crippen LogP contribution in [-0.2, 0) is 19.0 Å². The van der Waals surface area contributed by atoms with Gasteiger partial charge in [-0.25, -0.2) is 4.79 Å². The highest BCUT2D eigenvalue weighted by Crippen LogP contribution is 2.15. The minimum absolute atomic E-state index is 0.0685. The number of hydrogen-bond acceptors (Lipinski definition) is 5. The molecule has 0 bridgehead atoms. The van der Waals surface area contributed by atoms with Crippen molar-refractivity contribution in [3.63, 3.8) is 0 Å². The summed E-state index contributed by atoms with van der Waals surface area (Å²) in [5, 5.41) is 8.90. The summed E-state index contributed by atoms with van der Waals surface area (Å²) in [5.41, 5.74) is 0.946. The van der Waals surface area contributed by atoms with Crippen molar-refractivity contribution in [1.29, 1.82) is 0 Å². The van der Waals surface area contributed by atoms with Gasteiger partial charge in [0.15, 0.2) is 0 Å². The van der Waals surface area contributed by atoms with Crippen LogP contribution >= 0.6 is 0 Å². The van der Waals surface area contributed by atoms with Gasteiger partial charge in [-0.1, -0.05) is 17.7 Å². The second-order valence-electron chi connectivity index (χ2n) is 4.77. The smallest absolute Gasteiger partial charge is 0.407 e. The van der Waals surface area contributed by atoms with E-state index in [2.05, 4.69) is 0 Å². The number of aryl methyl sites for hydroxylation is 1. The van der Waals surface area contributed by atoms with Crippen LogP contribution in [0.4, 0.5) is 4.79 Å². The lowest BCUT2D eigenvalue weighted by Crippen LogP contribution is -2.46. The molecule has 21 heavy (non-hydrogen) atoms. The molecule has 0 aliphatic carbocycles. The molecule has 116 valence electrons. The number of morpholine rings is 1. The number of rotatable bonds is 4. The van der Waals surface area contributed by atoms with Crippen molar-refractivity contribution in [3.8, 4) is 0 Å². The molecule has 1 heterocycles. The van der Waals surface area contributed by atoms with E-state index < -0.39 is 22.3 Å². The molecule has 1 aliphatic rings. The zero-order chi connectivity index (χ0) is 15.5. The van der Waals surface area contributed by atoms with E-state index in [0.29, 0.717) is 0 Å². The molecule has 1 amide bonds. The van der Waals surface area contributed by atoms with Crippen LogP contribution in [0, 0.1) is 6.92 Å². The molecule has 0 saturated carbocycles. The topological polar surface area (TPSA) is 93.1 Å². The lowest BCUT2D eigenvalue weighted by atomic mass is 10.2. The van der Waals surface area contributed by atoms with Crippen molar-refractivity contribution >= 4 is 16.2 Å². The van der Waals surface area contributed by atoms with Crippen molar-refractivity contribution < 1.29 is 27.2 Å². The number of ether oxygens (including phenoxy) is 1. The predicted octanol–water partition coefficient (Wildman–Crippen LogP) is 1.08. The van der Waals surface area contributed by atoms with Crippen LogP contribution in [0.1, 0.15) is 5.56 Å². The summed E-state index contributed by atoms with van der Waals surface area (Å²) in [5.74, 6) is 0. The molecule has 1 N–H and O–H groups in total. The first-order valence-corrected chi connectivity index (χ1v) is 7.85. The van der Waals surface area contributed by atoms with E-state index in [1.54, 1.807) is 12.1 Å². The molecule has 1 aromatic carbocycles. The Labute approximate surface area is 123 Å². The van der Waals surface area contributed by atoms with Crippen LogP contribution in [-0.4, -0.2) is 56.9 Å². The van der Waals surface area contributed by atoms with Gasteiger partial charge in [0, 0.05) is 6.54 Å². The molecule has 0 aromatic heterocycles. The van der Waals surface area contributed by atoms with Gasteiger partial charge in [0.25, 0.3) is 10.1 Å². The summed E-state index contributed by atoms with van der Waals surface area (Å²) in [7, 11) is -3.86. The number of carbonyl (C=O) groups is 1. The fraction of sp³-hybridized carbons (Fsp3) is 0.462. The third-order valence-electron chi connectivity index (χ3n) is 3.13. The van der Waals surface area contributed by atoms with Gasteiger partial charge < -0.3 is 14.7 Å². The van der Waals surface area contributed by atoms with Gasteiger partial charge in [-0.05, 0) is 19.1 Å². The van der Waals surface area contributed by atoms with E-state index in [9.17, 15) is 13.2 Å². The second kappa shape index (κ2) is 6.42. The molecule has 2 rings (SSSR count).